The van der Waals surface area contributed by atoms with Crippen LogP contribution in [0.5, 0.6) is 0 Å². The third-order valence-electron chi connectivity index (χ3n) is 2.90. The van der Waals surface area contributed by atoms with Crippen molar-refractivity contribution >= 4 is 17.5 Å². The number of carbonyl (C=O) groups is 1. The predicted octanol–water partition coefficient (Wildman–Crippen LogP) is 2.38. The number of hydrogen-bond acceptors (Lipinski definition) is 3. The first kappa shape index (κ1) is 14.5. The van der Waals surface area contributed by atoms with E-state index in [0.717, 1.165) is 30.8 Å². The van der Waals surface area contributed by atoms with Gasteiger partial charge in [-0.3, -0.25) is 4.79 Å². The Balaban J connectivity index is 1.83. The summed E-state index contributed by atoms with van der Waals surface area (Å²) in [7, 11) is 0. The van der Waals surface area contributed by atoms with Crippen LogP contribution in [0.2, 0.25) is 5.15 Å². The van der Waals surface area contributed by atoms with Gasteiger partial charge in [0.1, 0.15) is 11.0 Å². The Morgan fingerprint density at radius 1 is 1.45 bits per heavy atom. The average Bonchev–Trinajstić information content (AvgIpc) is 2.95. The van der Waals surface area contributed by atoms with Gasteiger partial charge in [0, 0.05) is 36.6 Å². The lowest BCUT2D eigenvalue weighted by molar-refractivity contribution is 0.0953. The van der Waals surface area contributed by atoms with Crippen LogP contribution in [0.4, 0.5) is 0 Å². The summed E-state index contributed by atoms with van der Waals surface area (Å²) in [6.45, 7) is 2.57. The van der Waals surface area contributed by atoms with E-state index in [4.69, 9.17) is 11.6 Å². The topological polar surface area (TPSA) is 70.7 Å². The van der Waals surface area contributed by atoms with Gasteiger partial charge in [-0.05, 0) is 25.0 Å². The van der Waals surface area contributed by atoms with Crippen molar-refractivity contribution in [2.75, 3.05) is 6.54 Å². The minimum atomic E-state index is -0.122. The molecule has 1 amide bonds. The number of halogens is 1. The SMILES string of the molecule is CCc1cc(C(=O)NCCCc2ncc[nH]2)cc(Cl)n1. The van der Waals surface area contributed by atoms with Gasteiger partial charge in [0.15, 0.2) is 0 Å². The molecule has 6 heteroatoms. The van der Waals surface area contributed by atoms with Crippen molar-refractivity contribution in [2.45, 2.75) is 26.2 Å². The molecule has 0 saturated carbocycles. The van der Waals surface area contributed by atoms with Crippen LogP contribution in [-0.2, 0) is 12.8 Å². The highest BCUT2D eigenvalue weighted by Crippen LogP contribution is 2.11. The van der Waals surface area contributed by atoms with Gasteiger partial charge in [0.05, 0.1) is 0 Å². The molecule has 0 atom stereocenters. The Labute approximate surface area is 122 Å². The van der Waals surface area contributed by atoms with Crippen molar-refractivity contribution in [1.29, 1.82) is 0 Å². The van der Waals surface area contributed by atoms with E-state index < -0.39 is 0 Å². The van der Waals surface area contributed by atoms with Gasteiger partial charge < -0.3 is 10.3 Å². The molecule has 0 aliphatic rings. The highest BCUT2D eigenvalue weighted by Gasteiger charge is 2.08. The molecule has 2 heterocycles. The lowest BCUT2D eigenvalue weighted by Gasteiger charge is -2.06. The molecule has 0 radical (unpaired) electrons. The van der Waals surface area contributed by atoms with E-state index in [0.29, 0.717) is 17.3 Å². The number of aryl methyl sites for hydroxylation is 2. The predicted molar refractivity (Wildman–Crippen MR) is 77.9 cm³/mol. The van der Waals surface area contributed by atoms with Gasteiger partial charge in [-0.2, -0.15) is 0 Å². The van der Waals surface area contributed by atoms with Crippen LogP contribution in [-0.4, -0.2) is 27.4 Å². The van der Waals surface area contributed by atoms with Gasteiger partial charge in [0.25, 0.3) is 5.91 Å². The number of aromatic nitrogens is 3. The van der Waals surface area contributed by atoms with Crippen LogP contribution < -0.4 is 5.32 Å². The van der Waals surface area contributed by atoms with Crippen LogP contribution in [0.15, 0.2) is 24.5 Å². The highest BCUT2D eigenvalue weighted by molar-refractivity contribution is 6.29. The number of amides is 1. The number of nitrogens with zero attached hydrogens (tertiary/aromatic N) is 2. The Kier molecular flexibility index (Phi) is 5.12. The first-order valence-corrected chi connectivity index (χ1v) is 6.99. The van der Waals surface area contributed by atoms with Crippen molar-refractivity contribution in [1.82, 2.24) is 20.3 Å². The Morgan fingerprint density at radius 2 is 2.30 bits per heavy atom. The number of carbonyl (C=O) groups excluding carboxylic acids is 1. The summed E-state index contributed by atoms with van der Waals surface area (Å²) in [5.41, 5.74) is 1.37. The minimum Gasteiger partial charge on any atom is -0.352 e. The molecule has 2 aromatic rings. The van der Waals surface area contributed by atoms with E-state index in [2.05, 4.69) is 20.3 Å². The third-order valence-corrected chi connectivity index (χ3v) is 3.10. The van der Waals surface area contributed by atoms with Crippen LogP contribution >= 0.6 is 11.6 Å². The second-order valence-corrected chi connectivity index (χ2v) is 4.81. The number of pyridine rings is 1. The maximum atomic E-state index is 12.0. The van der Waals surface area contributed by atoms with Gasteiger partial charge in [-0.15, -0.1) is 0 Å². The smallest absolute Gasteiger partial charge is 0.251 e. The molecule has 2 rings (SSSR count). The van der Waals surface area contributed by atoms with E-state index >= 15 is 0 Å². The zero-order chi connectivity index (χ0) is 14.4. The molecule has 106 valence electrons. The van der Waals surface area contributed by atoms with E-state index in [9.17, 15) is 4.79 Å². The van der Waals surface area contributed by atoms with E-state index in [1.54, 1.807) is 24.5 Å². The number of nitrogens with one attached hydrogen (secondary N) is 2. The van der Waals surface area contributed by atoms with E-state index in [1.165, 1.54) is 0 Å². The molecule has 2 N–H and O–H groups in total. The summed E-state index contributed by atoms with van der Waals surface area (Å²) in [4.78, 5) is 23.3. The van der Waals surface area contributed by atoms with Crippen molar-refractivity contribution < 1.29 is 4.79 Å². The number of aromatic amines is 1. The molecule has 0 fully saturated rings. The fourth-order valence-electron chi connectivity index (χ4n) is 1.86. The summed E-state index contributed by atoms with van der Waals surface area (Å²) in [6, 6.07) is 3.36. The molecule has 0 aromatic carbocycles. The molecule has 2 aromatic heterocycles. The van der Waals surface area contributed by atoms with Crippen molar-refractivity contribution in [3.63, 3.8) is 0 Å². The maximum absolute atomic E-state index is 12.0. The molecular weight excluding hydrogens is 276 g/mol. The summed E-state index contributed by atoms with van der Waals surface area (Å²) < 4.78 is 0. The molecule has 0 unspecified atom stereocenters. The van der Waals surface area contributed by atoms with Crippen LogP contribution in [0.1, 0.15) is 35.2 Å². The fraction of sp³-hybridized carbons (Fsp3) is 0.357. The van der Waals surface area contributed by atoms with Crippen molar-refractivity contribution in [3.8, 4) is 0 Å². The molecule has 0 saturated heterocycles. The maximum Gasteiger partial charge on any atom is 0.251 e. The van der Waals surface area contributed by atoms with E-state index in [-0.39, 0.29) is 5.91 Å². The summed E-state index contributed by atoms with van der Waals surface area (Å²) in [5, 5.41) is 3.22. The molecule has 20 heavy (non-hydrogen) atoms. The molecule has 0 spiro atoms. The summed E-state index contributed by atoms with van der Waals surface area (Å²) in [6.07, 6.45) is 5.90. The summed E-state index contributed by atoms with van der Waals surface area (Å²) >= 11 is 5.90. The zero-order valence-corrected chi connectivity index (χ0v) is 12.1. The van der Waals surface area contributed by atoms with Gasteiger partial charge in [-0.1, -0.05) is 18.5 Å². The van der Waals surface area contributed by atoms with Gasteiger partial charge >= 0.3 is 0 Å². The Bertz CT molecular complexity index is 569. The largest absolute Gasteiger partial charge is 0.352 e. The normalized spacial score (nSPS) is 10.5. The average molecular weight is 293 g/mol. The standard InChI is InChI=1S/C14H17ClN4O/c1-2-11-8-10(9-12(15)19-11)14(20)18-5-3-4-13-16-6-7-17-13/h6-9H,2-5H2,1H3,(H,16,17)(H,18,20). The lowest BCUT2D eigenvalue weighted by atomic mass is 10.2. The second-order valence-electron chi connectivity index (χ2n) is 4.42. The van der Waals surface area contributed by atoms with Crippen molar-refractivity contribution in [3.05, 3.63) is 46.8 Å². The lowest BCUT2D eigenvalue weighted by Crippen LogP contribution is -2.25. The summed E-state index contributed by atoms with van der Waals surface area (Å²) in [5.74, 6) is 0.808. The molecule has 0 aliphatic heterocycles. The van der Waals surface area contributed by atoms with Crippen LogP contribution in [0.3, 0.4) is 0 Å². The van der Waals surface area contributed by atoms with E-state index in [1.807, 2.05) is 6.92 Å². The number of rotatable bonds is 6. The van der Waals surface area contributed by atoms with Crippen molar-refractivity contribution in [2.24, 2.45) is 0 Å². The third kappa shape index (κ3) is 4.06. The first-order chi connectivity index (χ1) is 9.69. The Morgan fingerprint density at radius 3 is 3.00 bits per heavy atom. The highest BCUT2D eigenvalue weighted by atomic mass is 35.5. The fourth-order valence-corrected chi connectivity index (χ4v) is 2.08. The number of hydrogen-bond donors (Lipinski definition) is 2. The molecule has 5 nitrogen and oxygen atoms in total. The molecule has 0 bridgehead atoms. The minimum absolute atomic E-state index is 0.122. The van der Waals surface area contributed by atoms with Gasteiger partial charge in [-0.25, -0.2) is 9.97 Å². The Hall–Kier alpha value is -1.88. The van der Waals surface area contributed by atoms with Crippen LogP contribution in [0.25, 0.3) is 0 Å². The van der Waals surface area contributed by atoms with Crippen LogP contribution in [0, 0.1) is 0 Å². The number of imidazole rings is 1. The second kappa shape index (κ2) is 7.05. The number of H-pyrrole nitrogens is 1. The molecular formula is C14H17ClN4O. The monoisotopic (exact) mass is 292 g/mol. The first-order valence-electron chi connectivity index (χ1n) is 6.62. The quantitative estimate of drug-likeness (QED) is 0.634. The molecule has 0 aliphatic carbocycles. The zero-order valence-electron chi connectivity index (χ0n) is 11.3. The van der Waals surface area contributed by atoms with Gasteiger partial charge in [0.2, 0.25) is 0 Å².